The lowest BCUT2D eigenvalue weighted by atomic mass is 10.1. The molecule has 1 N–H and O–H groups in total. The van der Waals surface area contributed by atoms with Crippen LogP contribution >= 0.6 is 0 Å². The third-order valence-electron chi connectivity index (χ3n) is 3.32. The fourth-order valence-corrected chi connectivity index (χ4v) is 2.16. The molecule has 0 aliphatic heterocycles. The topological polar surface area (TPSA) is 66.8 Å². The highest BCUT2D eigenvalue weighted by molar-refractivity contribution is 5.94. The summed E-state index contributed by atoms with van der Waals surface area (Å²) in [5.74, 6) is -2.88. The van der Waals surface area contributed by atoms with E-state index in [0.29, 0.717) is 6.04 Å². The Morgan fingerprint density at radius 1 is 1.43 bits per heavy atom. The zero-order chi connectivity index (χ0) is 16.0. The van der Waals surface area contributed by atoms with Gasteiger partial charge in [0.05, 0.1) is 0 Å². The molecule has 0 heterocycles. The fraction of sp³-hybridized carbons (Fsp3) is 0.750. The Morgan fingerprint density at radius 3 is 2.48 bits per heavy atom. The molecule has 1 saturated carbocycles. The number of unbranched alkanes of at least 4 members (excludes halogenated alkanes) is 1. The van der Waals surface area contributed by atoms with Crippen molar-refractivity contribution < 1.29 is 19.4 Å². The number of esters is 1. The van der Waals surface area contributed by atoms with Crippen molar-refractivity contribution in [2.24, 2.45) is 5.92 Å². The highest BCUT2D eigenvalue weighted by atomic mass is 16.6. The number of hydrogen-bond donors (Lipinski definition) is 1. The van der Waals surface area contributed by atoms with Crippen LogP contribution in [0.1, 0.15) is 46.5 Å². The molecule has 5 nitrogen and oxygen atoms in total. The number of rotatable bonds is 9. The molecular weight excluding hydrogens is 270 g/mol. The Morgan fingerprint density at radius 2 is 2.05 bits per heavy atom. The molecule has 0 aromatic rings. The molecule has 0 amide bonds. The van der Waals surface area contributed by atoms with Crippen LogP contribution in [0.25, 0.3) is 0 Å². The first kappa shape index (κ1) is 17.7. The summed E-state index contributed by atoms with van der Waals surface area (Å²) in [4.78, 5) is 25.6. The molecular formula is C16H27NO4. The Kier molecular flexibility index (Phi) is 6.40. The number of carboxylic acid groups (broad SMARTS) is 1. The number of carboxylic acids is 1. The lowest BCUT2D eigenvalue weighted by Gasteiger charge is -2.27. The van der Waals surface area contributed by atoms with E-state index in [1.54, 1.807) is 20.8 Å². The Hall–Kier alpha value is -1.36. The van der Waals surface area contributed by atoms with Gasteiger partial charge in [0, 0.05) is 12.6 Å². The number of aliphatic carboxylic acids is 1. The van der Waals surface area contributed by atoms with Crippen molar-refractivity contribution in [3.05, 3.63) is 12.7 Å². The second-order valence-corrected chi connectivity index (χ2v) is 6.58. The number of allylic oxidation sites excluding steroid dienone is 1. The summed E-state index contributed by atoms with van der Waals surface area (Å²) in [6, 6.07) is 0.416. The first-order valence-corrected chi connectivity index (χ1v) is 7.55. The maximum Gasteiger partial charge on any atom is 0.322 e. The zero-order valence-corrected chi connectivity index (χ0v) is 13.3. The van der Waals surface area contributed by atoms with Crippen LogP contribution in [0.2, 0.25) is 0 Å². The van der Waals surface area contributed by atoms with Gasteiger partial charge in [-0.1, -0.05) is 6.08 Å². The minimum absolute atomic E-state index is 0.228. The van der Waals surface area contributed by atoms with Crippen molar-refractivity contribution in [3.63, 3.8) is 0 Å². The zero-order valence-electron chi connectivity index (χ0n) is 13.3. The molecule has 1 atom stereocenters. The average Bonchev–Trinajstić information content (AvgIpc) is 3.14. The lowest BCUT2D eigenvalue weighted by Crippen LogP contribution is -2.42. The Labute approximate surface area is 127 Å². The molecule has 0 aromatic heterocycles. The molecule has 21 heavy (non-hydrogen) atoms. The molecule has 0 aromatic carbocycles. The fourth-order valence-electron chi connectivity index (χ4n) is 2.16. The molecule has 1 aliphatic carbocycles. The molecule has 0 bridgehead atoms. The molecule has 0 saturated heterocycles. The summed E-state index contributed by atoms with van der Waals surface area (Å²) in [6.07, 6.45) is 5.84. The average molecular weight is 297 g/mol. The van der Waals surface area contributed by atoms with E-state index < -0.39 is 23.5 Å². The number of ether oxygens (including phenoxy) is 1. The highest BCUT2D eigenvalue weighted by Crippen LogP contribution is 2.28. The van der Waals surface area contributed by atoms with Crippen LogP contribution in [0.4, 0.5) is 0 Å². The number of hydrogen-bond acceptors (Lipinski definition) is 4. The molecule has 0 spiro atoms. The van der Waals surface area contributed by atoms with Crippen LogP contribution in [0, 0.1) is 5.92 Å². The first-order chi connectivity index (χ1) is 9.74. The van der Waals surface area contributed by atoms with Crippen LogP contribution in [-0.4, -0.2) is 46.7 Å². The van der Waals surface area contributed by atoms with Crippen molar-refractivity contribution in [3.8, 4) is 0 Å². The van der Waals surface area contributed by atoms with Crippen molar-refractivity contribution in [2.75, 3.05) is 13.1 Å². The maximum absolute atomic E-state index is 12.1. The Bertz CT molecular complexity index is 382. The van der Waals surface area contributed by atoms with Crippen molar-refractivity contribution in [1.82, 2.24) is 4.90 Å². The molecule has 1 unspecified atom stereocenters. The van der Waals surface area contributed by atoms with E-state index in [0.717, 1.165) is 32.2 Å². The van der Waals surface area contributed by atoms with Gasteiger partial charge in [-0.3, -0.25) is 14.5 Å². The van der Waals surface area contributed by atoms with Crippen molar-refractivity contribution >= 4 is 11.9 Å². The van der Waals surface area contributed by atoms with Gasteiger partial charge in [-0.25, -0.2) is 0 Å². The van der Waals surface area contributed by atoms with E-state index >= 15 is 0 Å². The highest BCUT2D eigenvalue weighted by Gasteiger charge is 2.37. The van der Waals surface area contributed by atoms with Crippen LogP contribution < -0.4 is 0 Å². The minimum Gasteiger partial charge on any atom is -0.481 e. The molecule has 1 aliphatic rings. The van der Waals surface area contributed by atoms with E-state index in [-0.39, 0.29) is 6.54 Å². The maximum atomic E-state index is 12.1. The predicted molar refractivity (Wildman–Crippen MR) is 81.0 cm³/mol. The van der Waals surface area contributed by atoms with Gasteiger partial charge < -0.3 is 9.84 Å². The third kappa shape index (κ3) is 6.76. The van der Waals surface area contributed by atoms with Crippen LogP contribution in [-0.2, 0) is 14.3 Å². The quantitative estimate of drug-likeness (QED) is 0.306. The van der Waals surface area contributed by atoms with E-state index in [1.807, 2.05) is 6.08 Å². The number of carbonyl (C=O) groups is 2. The summed E-state index contributed by atoms with van der Waals surface area (Å²) in [6.45, 7) is 9.94. The van der Waals surface area contributed by atoms with Gasteiger partial charge in [0.2, 0.25) is 0 Å². The van der Waals surface area contributed by atoms with E-state index in [1.165, 1.54) is 0 Å². The van der Waals surface area contributed by atoms with Crippen LogP contribution in [0.15, 0.2) is 12.7 Å². The Balaban J connectivity index is 2.63. The van der Waals surface area contributed by atoms with Crippen molar-refractivity contribution in [2.45, 2.75) is 58.1 Å². The van der Waals surface area contributed by atoms with Gasteiger partial charge in [-0.15, -0.1) is 6.58 Å². The summed E-state index contributed by atoms with van der Waals surface area (Å²) < 4.78 is 5.23. The van der Waals surface area contributed by atoms with Gasteiger partial charge in [-0.2, -0.15) is 0 Å². The second kappa shape index (κ2) is 7.59. The van der Waals surface area contributed by atoms with Crippen molar-refractivity contribution in [1.29, 1.82) is 0 Å². The summed E-state index contributed by atoms with van der Waals surface area (Å²) >= 11 is 0. The second-order valence-electron chi connectivity index (χ2n) is 6.58. The minimum atomic E-state index is -1.12. The normalized spacial score (nSPS) is 16.6. The predicted octanol–water partition coefficient (Wildman–Crippen LogP) is 2.46. The van der Waals surface area contributed by atoms with Crippen LogP contribution in [0.5, 0.6) is 0 Å². The summed E-state index contributed by atoms with van der Waals surface area (Å²) in [5.41, 5.74) is -0.669. The van der Waals surface area contributed by atoms with E-state index in [4.69, 9.17) is 4.74 Å². The monoisotopic (exact) mass is 297 g/mol. The van der Waals surface area contributed by atoms with E-state index in [2.05, 4.69) is 11.5 Å². The third-order valence-corrected chi connectivity index (χ3v) is 3.32. The van der Waals surface area contributed by atoms with Gasteiger partial charge in [0.15, 0.2) is 5.92 Å². The summed E-state index contributed by atoms with van der Waals surface area (Å²) in [5, 5.41) is 9.32. The van der Waals surface area contributed by atoms with Crippen LogP contribution in [0.3, 0.4) is 0 Å². The van der Waals surface area contributed by atoms with Gasteiger partial charge >= 0.3 is 11.9 Å². The SMILES string of the molecule is C=CCCCN(CC(C(=O)O)C(=O)OC(C)(C)C)C1CC1. The number of carbonyl (C=O) groups excluding carboxylic acids is 1. The molecule has 1 rings (SSSR count). The summed E-state index contributed by atoms with van der Waals surface area (Å²) in [7, 11) is 0. The molecule has 120 valence electrons. The first-order valence-electron chi connectivity index (χ1n) is 7.55. The van der Waals surface area contributed by atoms with Gasteiger partial charge in [0.25, 0.3) is 0 Å². The molecule has 5 heteroatoms. The van der Waals surface area contributed by atoms with E-state index in [9.17, 15) is 14.7 Å². The lowest BCUT2D eigenvalue weighted by molar-refractivity contribution is -0.167. The largest absolute Gasteiger partial charge is 0.481 e. The van der Waals surface area contributed by atoms with Gasteiger partial charge in [-0.05, 0) is 53.0 Å². The molecule has 0 radical (unpaired) electrons. The smallest absolute Gasteiger partial charge is 0.322 e. The van der Waals surface area contributed by atoms with Gasteiger partial charge in [0.1, 0.15) is 5.60 Å². The molecule has 1 fully saturated rings. The standard InChI is InChI=1S/C16H27NO4/c1-5-6-7-10-17(12-8-9-12)11-13(14(18)19)15(20)21-16(2,3)4/h5,12-13H,1,6-11H2,2-4H3,(H,18,19). The number of nitrogens with zero attached hydrogens (tertiary/aromatic N) is 1.